The monoisotopic (exact) mass is 333 g/mol. The lowest BCUT2D eigenvalue weighted by Crippen LogP contribution is -2.36. The fourth-order valence-corrected chi connectivity index (χ4v) is 2.51. The van der Waals surface area contributed by atoms with Crippen molar-refractivity contribution in [3.63, 3.8) is 0 Å². The molecule has 5 nitrogen and oxygen atoms in total. The van der Waals surface area contributed by atoms with Crippen LogP contribution in [0.15, 0.2) is 30.3 Å². The molecule has 0 aliphatic carbocycles. The third kappa shape index (κ3) is 3.74. The molecule has 2 aromatic rings. The largest absolute Gasteiger partial charge is 0.347 e. The van der Waals surface area contributed by atoms with Crippen LogP contribution in [-0.2, 0) is 4.79 Å². The number of carbonyl (C=O) groups excluding carboxylic acids is 2. The summed E-state index contributed by atoms with van der Waals surface area (Å²) in [5.41, 5.74) is 3.35. The average molecular weight is 334 g/mol. The fraction of sp³-hybridized carbons (Fsp3) is 0.294. The molecule has 2 amide bonds. The molecule has 6 heteroatoms. The second kappa shape index (κ2) is 6.87. The number of aromatic nitrogens is 1. The minimum Gasteiger partial charge on any atom is -0.347 e. The molecule has 1 aromatic carbocycles. The molecule has 0 aliphatic rings. The normalized spacial score (nSPS) is 10.5. The molecule has 0 radical (unpaired) electrons. The maximum absolute atomic E-state index is 12.3. The van der Waals surface area contributed by atoms with Crippen molar-refractivity contribution in [2.45, 2.75) is 13.8 Å². The highest BCUT2D eigenvalue weighted by molar-refractivity contribution is 6.34. The van der Waals surface area contributed by atoms with Crippen molar-refractivity contribution in [2.24, 2.45) is 0 Å². The van der Waals surface area contributed by atoms with Gasteiger partial charge in [0.15, 0.2) is 0 Å². The van der Waals surface area contributed by atoms with Crippen molar-refractivity contribution in [1.82, 2.24) is 14.8 Å². The first kappa shape index (κ1) is 17.1. The van der Waals surface area contributed by atoms with Gasteiger partial charge in [0.25, 0.3) is 5.91 Å². The molecule has 0 unspecified atom stereocenters. The molecule has 1 aromatic heterocycles. The number of nitrogens with one attached hydrogen (secondary N) is 1. The maximum Gasteiger partial charge on any atom is 0.253 e. The van der Waals surface area contributed by atoms with Crippen LogP contribution in [-0.4, -0.2) is 41.9 Å². The van der Waals surface area contributed by atoms with Crippen LogP contribution in [0.5, 0.6) is 0 Å². The van der Waals surface area contributed by atoms with Crippen LogP contribution in [0.1, 0.15) is 21.7 Å². The van der Waals surface area contributed by atoms with E-state index in [0.717, 1.165) is 17.1 Å². The predicted octanol–water partition coefficient (Wildman–Crippen LogP) is 2.57. The number of nitrogens with zero attached hydrogens (tertiary/aromatic N) is 2. The Morgan fingerprint density at radius 1 is 1.13 bits per heavy atom. The highest BCUT2D eigenvalue weighted by Gasteiger charge is 2.14. The van der Waals surface area contributed by atoms with Gasteiger partial charge in [-0.2, -0.15) is 0 Å². The molecule has 0 saturated carbocycles. The number of hydrogen-bond donors (Lipinski definition) is 1. The summed E-state index contributed by atoms with van der Waals surface area (Å²) in [7, 11) is 3.28. The average Bonchev–Trinajstić information content (AvgIpc) is 2.84. The Kier molecular flexibility index (Phi) is 5.11. The Hall–Kier alpha value is -2.27. The number of hydrogen-bond acceptors (Lipinski definition) is 2. The van der Waals surface area contributed by atoms with Gasteiger partial charge >= 0.3 is 0 Å². The summed E-state index contributed by atoms with van der Waals surface area (Å²) < 4.78 is 2.04. The van der Waals surface area contributed by atoms with Crippen molar-refractivity contribution in [1.29, 1.82) is 0 Å². The zero-order chi connectivity index (χ0) is 17.1. The molecule has 122 valence electrons. The molecule has 0 saturated heterocycles. The Bertz CT molecular complexity index is 731. The molecular formula is C17H20ClN3O2. The fourth-order valence-electron chi connectivity index (χ4n) is 2.31. The number of rotatable bonds is 4. The van der Waals surface area contributed by atoms with Crippen LogP contribution in [0.2, 0.25) is 5.02 Å². The number of likely N-dealkylation sites (N-methyl/N-ethyl adjacent to an activating group) is 1. The zero-order valence-electron chi connectivity index (χ0n) is 13.7. The van der Waals surface area contributed by atoms with Crippen molar-refractivity contribution >= 4 is 23.4 Å². The van der Waals surface area contributed by atoms with E-state index in [2.05, 4.69) is 5.32 Å². The molecule has 0 aliphatic heterocycles. The number of amides is 2. The predicted molar refractivity (Wildman–Crippen MR) is 91.3 cm³/mol. The lowest BCUT2D eigenvalue weighted by molar-refractivity contribution is -0.127. The molecular weight excluding hydrogens is 314 g/mol. The zero-order valence-corrected chi connectivity index (χ0v) is 14.4. The van der Waals surface area contributed by atoms with Gasteiger partial charge < -0.3 is 14.8 Å². The summed E-state index contributed by atoms with van der Waals surface area (Å²) >= 11 is 6.14. The summed E-state index contributed by atoms with van der Waals surface area (Å²) in [5, 5.41) is 2.95. The van der Waals surface area contributed by atoms with Gasteiger partial charge in [0, 0.05) is 31.2 Å². The summed E-state index contributed by atoms with van der Waals surface area (Å²) in [6.45, 7) is 3.93. The van der Waals surface area contributed by atoms with Crippen LogP contribution >= 0.6 is 11.6 Å². The summed E-state index contributed by atoms with van der Waals surface area (Å²) in [4.78, 5) is 25.3. The number of benzene rings is 1. The molecule has 0 fully saturated rings. The van der Waals surface area contributed by atoms with E-state index in [1.54, 1.807) is 26.2 Å². The summed E-state index contributed by atoms with van der Waals surface area (Å²) in [6.07, 6.45) is 0. The second-order valence-corrected chi connectivity index (χ2v) is 5.99. The lowest BCUT2D eigenvalue weighted by atomic mass is 10.1. The Labute approximate surface area is 140 Å². The molecule has 0 bridgehead atoms. The Morgan fingerprint density at radius 3 is 2.30 bits per heavy atom. The van der Waals surface area contributed by atoms with Crippen LogP contribution in [0.3, 0.4) is 0 Å². The third-order valence-corrected chi connectivity index (χ3v) is 3.95. The molecule has 0 spiro atoms. The van der Waals surface area contributed by atoms with Crippen LogP contribution < -0.4 is 5.32 Å². The van der Waals surface area contributed by atoms with E-state index < -0.39 is 0 Å². The second-order valence-electron chi connectivity index (χ2n) is 5.59. The first-order valence-corrected chi connectivity index (χ1v) is 7.62. The summed E-state index contributed by atoms with van der Waals surface area (Å²) in [6, 6.07) is 9.32. The number of aryl methyl sites for hydroxylation is 2. The highest BCUT2D eigenvalue weighted by Crippen LogP contribution is 2.23. The van der Waals surface area contributed by atoms with Crippen LogP contribution in [0.4, 0.5) is 0 Å². The van der Waals surface area contributed by atoms with Gasteiger partial charge in [0.1, 0.15) is 0 Å². The number of carbonyl (C=O) groups is 2. The third-order valence-electron chi connectivity index (χ3n) is 3.62. The minimum absolute atomic E-state index is 0.0615. The summed E-state index contributed by atoms with van der Waals surface area (Å²) in [5.74, 6) is -0.544. The van der Waals surface area contributed by atoms with Gasteiger partial charge in [-0.25, -0.2) is 0 Å². The first-order chi connectivity index (χ1) is 10.8. The molecule has 2 rings (SSSR count). The maximum atomic E-state index is 12.3. The minimum atomic E-state index is -0.366. The van der Waals surface area contributed by atoms with E-state index in [4.69, 9.17) is 11.6 Å². The van der Waals surface area contributed by atoms with E-state index in [1.807, 2.05) is 36.6 Å². The van der Waals surface area contributed by atoms with Gasteiger partial charge in [0.2, 0.25) is 5.91 Å². The van der Waals surface area contributed by atoms with Crippen LogP contribution in [0, 0.1) is 13.8 Å². The highest BCUT2D eigenvalue weighted by atomic mass is 35.5. The van der Waals surface area contributed by atoms with Crippen molar-refractivity contribution in [3.05, 3.63) is 52.3 Å². The topological polar surface area (TPSA) is 54.3 Å². The van der Waals surface area contributed by atoms with Gasteiger partial charge in [-0.15, -0.1) is 0 Å². The van der Waals surface area contributed by atoms with E-state index in [0.29, 0.717) is 10.6 Å². The van der Waals surface area contributed by atoms with Crippen LogP contribution in [0.25, 0.3) is 5.69 Å². The Morgan fingerprint density at radius 2 is 1.74 bits per heavy atom. The van der Waals surface area contributed by atoms with E-state index in [1.165, 1.54) is 4.90 Å². The molecule has 1 heterocycles. The van der Waals surface area contributed by atoms with Gasteiger partial charge in [0.05, 0.1) is 17.1 Å². The van der Waals surface area contributed by atoms with Gasteiger partial charge in [-0.3, -0.25) is 9.59 Å². The van der Waals surface area contributed by atoms with E-state index in [-0.39, 0.29) is 18.4 Å². The molecule has 0 atom stereocenters. The SMILES string of the molecule is Cc1ccc(C)n1-c1ccc(Cl)c(C(=O)NCC(=O)N(C)C)c1. The quantitative estimate of drug-likeness (QED) is 0.935. The Balaban J connectivity index is 2.28. The smallest absolute Gasteiger partial charge is 0.253 e. The lowest BCUT2D eigenvalue weighted by Gasteiger charge is -2.14. The van der Waals surface area contributed by atoms with Crippen molar-refractivity contribution in [3.8, 4) is 5.69 Å². The van der Waals surface area contributed by atoms with E-state index in [9.17, 15) is 9.59 Å². The first-order valence-electron chi connectivity index (χ1n) is 7.24. The number of halogens is 1. The molecule has 23 heavy (non-hydrogen) atoms. The van der Waals surface area contributed by atoms with Gasteiger partial charge in [-0.05, 0) is 44.2 Å². The van der Waals surface area contributed by atoms with Crippen molar-refractivity contribution < 1.29 is 9.59 Å². The van der Waals surface area contributed by atoms with E-state index >= 15 is 0 Å². The van der Waals surface area contributed by atoms with Crippen molar-refractivity contribution in [2.75, 3.05) is 20.6 Å². The molecule has 1 N–H and O–H groups in total. The standard InChI is InChI=1S/C17H20ClN3O2/c1-11-5-6-12(2)21(11)13-7-8-15(18)14(9-13)17(23)19-10-16(22)20(3)4/h5-9H,10H2,1-4H3,(H,19,23). The van der Waals surface area contributed by atoms with Gasteiger partial charge in [-0.1, -0.05) is 11.6 Å².